The molecule has 0 saturated carbocycles. The molecule has 0 aliphatic rings. The first kappa shape index (κ1) is 15.9. The number of methoxy groups -OCH3 is 1. The lowest BCUT2D eigenvalue weighted by Gasteiger charge is -2.18. The molecule has 2 N–H and O–H groups in total. The van der Waals surface area contributed by atoms with Crippen molar-refractivity contribution in [3.63, 3.8) is 0 Å². The van der Waals surface area contributed by atoms with Crippen LogP contribution in [-0.4, -0.2) is 13.0 Å². The van der Waals surface area contributed by atoms with Crippen LogP contribution in [0.1, 0.15) is 24.8 Å². The number of anilines is 2. The van der Waals surface area contributed by atoms with Crippen LogP contribution in [0.2, 0.25) is 0 Å². The fourth-order valence-corrected chi connectivity index (χ4v) is 3.74. The first-order valence-corrected chi connectivity index (χ1v) is 8.13. The van der Waals surface area contributed by atoms with Crippen LogP contribution in [-0.2, 0) is 4.79 Å². The first-order valence-electron chi connectivity index (χ1n) is 6.46. The Kier molecular flexibility index (Phi) is 5.25. The van der Waals surface area contributed by atoms with Gasteiger partial charge in [-0.1, -0.05) is 0 Å². The molecule has 0 aliphatic carbocycles. The lowest BCUT2D eigenvalue weighted by atomic mass is 10.2. The molecule has 2 aromatic rings. The highest BCUT2D eigenvalue weighted by atomic mass is 79.9. The molecule has 1 aromatic carbocycles. The van der Waals surface area contributed by atoms with E-state index < -0.39 is 0 Å². The van der Waals surface area contributed by atoms with Crippen molar-refractivity contribution in [2.24, 2.45) is 0 Å². The number of nitrogens with one attached hydrogen (secondary N) is 2. The summed E-state index contributed by atoms with van der Waals surface area (Å²) in [6, 6.07) is 7.68. The molecule has 6 heteroatoms. The Balaban J connectivity index is 2.24. The van der Waals surface area contributed by atoms with Gasteiger partial charge in [-0.2, -0.15) is 0 Å². The van der Waals surface area contributed by atoms with Crippen molar-refractivity contribution in [2.75, 3.05) is 17.7 Å². The zero-order chi connectivity index (χ0) is 15.4. The summed E-state index contributed by atoms with van der Waals surface area (Å²) in [5, 5.41) is 8.24. The minimum Gasteiger partial charge on any atom is -0.495 e. The number of ether oxygens (including phenoxy) is 1. The highest BCUT2D eigenvalue weighted by Crippen LogP contribution is 2.35. The molecule has 1 atom stereocenters. The Hall–Kier alpha value is -1.53. The Bertz CT molecular complexity index is 642. The van der Waals surface area contributed by atoms with Gasteiger partial charge in [0.05, 0.1) is 18.8 Å². The fraction of sp³-hybridized carbons (Fsp3) is 0.267. The Morgan fingerprint density at radius 1 is 1.38 bits per heavy atom. The summed E-state index contributed by atoms with van der Waals surface area (Å²) in [5.74, 6) is 0.642. The Labute approximate surface area is 136 Å². The van der Waals surface area contributed by atoms with E-state index in [1.54, 1.807) is 18.4 Å². The maximum atomic E-state index is 11.2. The van der Waals surface area contributed by atoms with Crippen LogP contribution in [0.3, 0.4) is 0 Å². The van der Waals surface area contributed by atoms with Crippen molar-refractivity contribution in [1.29, 1.82) is 0 Å². The molecular weight excluding hydrogens is 352 g/mol. The van der Waals surface area contributed by atoms with Crippen molar-refractivity contribution in [3.8, 4) is 5.75 Å². The van der Waals surface area contributed by atoms with Crippen LogP contribution < -0.4 is 15.4 Å². The summed E-state index contributed by atoms with van der Waals surface area (Å²) in [5.41, 5.74) is 1.58. The number of hydrogen-bond donors (Lipinski definition) is 2. The predicted molar refractivity (Wildman–Crippen MR) is 91.4 cm³/mol. The fourth-order valence-electron chi connectivity index (χ4n) is 2.01. The minimum atomic E-state index is -0.0971. The molecule has 0 fully saturated rings. The summed E-state index contributed by atoms with van der Waals surface area (Å²) in [7, 11) is 1.63. The minimum absolute atomic E-state index is 0.0971. The number of hydrogen-bond acceptors (Lipinski definition) is 4. The topological polar surface area (TPSA) is 50.4 Å². The smallest absolute Gasteiger partial charge is 0.221 e. The molecule has 4 nitrogen and oxygen atoms in total. The first-order chi connectivity index (χ1) is 10.0. The van der Waals surface area contributed by atoms with Gasteiger partial charge >= 0.3 is 0 Å². The van der Waals surface area contributed by atoms with Crippen molar-refractivity contribution in [2.45, 2.75) is 19.9 Å². The van der Waals surface area contributed by atoms with E-state index in [1.165, 1.54) is 11.8 Å². The number of rotatable bonds is 5. The normalized spacial score (nSPS) is 11.8. The van der Waals surface area contributed by atoms with E-state index in [9.17, 15) is 4.79 Å². The standard InChI is InChI=1S/C15H17BrN2O2S/c1-9(15-12(16)6-7-21-15)17-13-8-11(18-10(2)19)4-5-14(13)20-3/h4-9,17H,1-3H3,(H,18,19). The molecular formula is C15H17BrN2O2S. The average molecular weight is 369 g/mol. The number of carbonyl (C=O) groups excluding carboxylic acids is 1. The summed E-state index contributed by atoms with van der Waals surface area (Å²) in [6.07, 6.45) is 0. The second-order valence-electron chi connectivity index (χ2n) is 4.60. The van der Waals surface area contributed by atoms with E-state index in [1.807, 2.05) is 29.6 Å². The molecule has 112 valence electrons. The molecule has 0 saturated heterocycles. The molecule has 0 radical (unpaired) electrons. The van der Waals surface area contributed by atoms with Gasteiger partial charge in [0.15, 0.2) is 0 Å². The highest BCUT2D eigenvalue weighted by molar-refractivity contribution is 9.10. The number of thiophene rings is 1. The molecule has 0 bridgehead atoms. The maximum absolute atomic E-state index is 11.2. The van der Waals surface area contributed by atoms with Crippen molar-refractivity contribution in [1.82, 2.24) is 0 Å². The second kappa shape index (κ2) is 6.95. The van der Waals surface area contributed by atoms with Gasteiger partial charge in [0.2, 0.25) is 5.91 Å². The Morgan fingerprint density at radius 2 is 2.14 bits per heavy atom. The zero-order valence-corrected chi connectivity index (χ0v) is 14.5. The second-order valence-corrected chi connectivity index (χ2v) is 6.40. The van der Waals surface area contributed by atoms with Crippen LogP contribution >= 0.6 is 27.3 Å². The lowest BCUT2D eigenvalue weighted by Crippen LogP contribution is -2.09. The summed E-state index contributed by atoms with van der Waals surface area (Å²) >= 11 is 5.23. The third-order valence-electron chi connectivity index (χ3n) is 2.93. The van der Waals surface area contributed by atoms with Crippen LogP contribution in [0.25, 0.3) is 0 Å². The molecule has 21 heavy (non-hydrogen) atoms. The number of amides is 1. The number of halogens is 1. The molecule has 1 heterocycles. The third-order valence-corrected chi connectivity index (χ3v) is 4.98. The van der Waals surface area contributed by atoms with Crippen LogP contribution in [0.5, 0.6) is 5.75 Å². The summed E-state index contributed by atoms with van der Waals surface area (Å²) in [6.45, 7) is 3.57. The number of benzene rings is 1. The van der Waals surface area contributed by atoms with E-state index >= 15 is 0 Å². The van der Waals surface area contributed by atoms with E-state index in [4.69, 9.17) is 4.74 Å². The van der Waals surface area contributed by atoms with Crippen LogP contribution in [0.4, 0.5) is 11.4 Å². The maximum Gasteiger partial charge on any atom is 0.221 e. The molecule has 1 aromatic heterocycles. The van der Waals surface area contributed by atoms with Crippen molar-refractivity contribution >= 4 is 44.5 Å². The van der Waals surface area contributed by atoms with Gasteiger partial charge in [0.1, 0.15) is 5.75 Å². The van der Waals surface area contributed by atoms with Gasteiger partial charge in [-0.05, 0) is 52.5 Å². The van der Waals surface area contributed by atoms with Gasteiger partial charge in [0.25, 0.3) is 0 Å². The van der Waals surface area contributed by atoms with Crippen LogP contribution in [0, 0.1) is 0 Å². The molecule has 1 unspecified atom stereocenters. The van der Waals surface area contributed by atoms with Crippen molar-refractivity contribution < 1.29 is 9.53 Å². The molecule has 0 aliphatic heterocycles. The SMILES string of the molecule is COc1ccc(NC(C)=O)cc1NC(C)c1sccc1Br. The van der Waals surface area contributed by atoms with Gasteiger partial charge in [-0.3, -0.25) is 4.79 Å². The molecule has 0 spiro atoms. The third kappa shape index (κ3) is 3.98. The average Bonchev–Trinajstić information content (AvgIpc) is 2.84. The van der Waals surface area contributed by atoms with E-state index in [0.29, 0.717) is 0 Å². The van der Waals surface area contributed by atoms with E-state index in [-0.39, 0.29) is 11.9 Å². The van der Waals surface area contributed by atoms with Gasteiger partial charge < -0.3 is 15.4 Å². The molecule has 1 amide bonds. The van der Waals surface area contributed by atoms with Crippen molar-refractivity contribution in [3.05, 3.63) is 39.0 Å². The predicted octanol–water partition coefficient (Wildman–Crippen LogP) is 4.65. The lowest BCUT2D eigenvalue weighted by molar-refractivity contribution is -0.114. The molecule has 2 rings (SSSR count). The number of carbonyl (C=O) groups is 1. The van der Waals surface area contributed by atoms with E-state index in [0.717, 1.165) is 21.6 Å². The van der Waals surface area contributed by atoms with Crippen LogP contribution in [0.15, 0.2) is 34.1 Å². The summed E-state index contributed by atoms with van der Waals surface area (Å²) in [4.78, 5) is 12.4. The largest absolute Gasteiger partial charge is 0.495 e. The van der Waals surface area contributed by atoms with Gasteiger partial charge in [0, 0.05) is 22.0 Å². The van der Waals surface area contributed by atoms with Gasteiger partial charge in [-0.15, -0.1) is 11.3 Å². The zero-order valence-electron chi connectivity index (χ0n) is 12.1. The Morgan fingerprint density at radius 3 is 2.71 bits per heavy atom. The highest BCUT2D eigenvalue weighted by Gasteiger charge is 2.13. The van der Waals surface area contributed by atoms with Gasteiger partial charge in [-0.25, -0.2) is 0 Å². The monoisotopic (exact) mass is 368 g/mol. The summed E-state index contributed by atoms with van der Waals surface area (Å²) < 4.78 is 6.46. The quantitative estimate of drug-likeness (QED) is 0.807. The van der Waals surface area contributed by atoms with E-state index in [2.05, 4.69) is 33.5 Å².